The zero-order chi connectivity index (χ0) is 15.9. The monoisotopic (exact) mass is 339 g/mol. The zero-order valence-corrected chi connectivity index (χ0v) is 14.0. The van der Waals surface area contributed by atoms with E-state index in [1.165, 1.54) is 0 Å². The van der Waals surface area contributed by atoms with Crippen molar-refractivity contribution < 1.29 is 14.3 Å². The Morgan fingerprint density at radius 1 is 1.43 bits per heavy atom. The Hall–Kier alpha value is -1.95. The van der Waals surface area contributed by atoms with Crippen molar-refractivity contribution >= 4 is 29.9 Å². The number of carbonyl (C=O) groups excluding carboxylic acids is 2. The molecule has 0 saturated carbocycles. The van der Waals surface area contributed by atoms with E-state index in [9.17, 15) is 9.59 Å². The fourth-order valence-corrected chi connectivity index (χ4v) is 3.08. The number of anilines is 1. The molecule has 2 aliphatic rings. The summed E-state index contributed by atoms with van der Waals surface area (Å²) in [6.07, 6.45) is 1.60. The number of amides is 2. The molecule has 7 heteroatoms. The number of benzene rings is 1. The van der Waals surface area contributed by atoms with Crippen molar-refractivity contribution in [3.05, 3.63) is 23.8 Å². The minimum atomic E-state index is -0.442. The number of carbonyl (C=O) groups is 2. The molecule has 23 heavy (non-hydrogen) atoms. The van der Waals surface area contributed by atoms with Crippen LogP contribution in [-0.2, 0) is 9.59 Å². The van der Waals surface area contributed by atoms with Gasteiger partial charge in [0.1, 0.15) is 17.4 Å². The molecule has 1 saturated heterocycles. The maximum atomic E-state index is 12.4. The van der Waals surface area contributed by atoms with Crippen LogP contribution in [0.2, 0.25) is 0 Å². The third-order valence-electron chi connectivity index (χ3n) is 4.12. The molecule has 2 atom stereocenters. The Morgan fingerprint density at radius 3 is 2.83 bits per heavy atom. The van der Waals surface area contributed by atoms with Gasteiger partial charge in [-0.3, -0.25) is 9.59 Å². The number of hydrogen-bond donors (Lipinski definition) is 3. The van der Waals surface area contributed by atoms with Gasteiger partial charge in [-0.05, 0) is 38.5 Å². The van der Waals surface area contributed by atoms with Gasteiger partial charge in [0.2, 0.25) is 11.8 Å². The van der Waals surface area contributed by atoms with E-state index < -0.39 is 6.04 Å². The summed E-state index contributed by atoms with van der Waals surface area (Å²) in [5.74, 6) is 0.519. The van der Waals surface area contributed by atoms with E-state index in [4.69, 9.17) is 10.5 Å². The quantitative estimate of drug-likeness (QED) is 0.715. The number of ether oxygens (including phenoxy) is 1. The molecule has 0 bridgehead atoms. The molecule has 1 fully saturated rings. The van der Waals surface area contributed by atoms with E-state index >= 15 is 0 Å². The molecular formula is C16H22ClN3O3. The highest BCUT2D eigenvalue weighted by Crippen LogP contribution is 2.40. The maximum Gasteiger partial charge on any atom is 0.243 e. The summed E-state index contributed by atoms with van der Waals surface area (Å²) >= 11 is 0. The van der Waals surface area contributed by atoms with Crippen LogP contribution in [0.4, 0.5) is 5.69 Å². The Bertz CT molecular complexity index is 633. The summed E-state index contributed by atoms with van der Waals surface area (Å²) in [6.45, 7) is 3.98. The van der Waals surface area contributed by atoms with E-state index in [1.807, 2.05) is 26.0 Å². The molecule has 1 unspecified atom stereocenters. The number of rotatable bonds is 2. The molecular weight excluding hydrogens is 318 g/mol. The molecule has 0 aromatic heterocycles. The maximum absolute atomic E-state index is 12.4. The molecule has 6 nitrogen and oxygen atoms in total. The van der Waals surface area contributed by atoms with Gasteiger partial charge in [0.15, 0.2) is 0 Å². The van der Waals surface area contributed by atoms with Gasteiger partial charge in [-0.2, -0.15) is 0 Å². The second kappa shape index (κ2) is 6.28. The predicted octanol–water partition coefficient (Wildman–Crippen LogP) is 1.69. The lowest BCUT2D eigenvalue weighted by molar-refractivity contribution is -0.126. The van der Waals surface area contributed by atoms with Crippen LogP contribution in [0, 0.1) is 0 Å². The fraction of sp³-hybridized carbons (Fsp3) is 0.500. The van der Waals surface area contributed by atoms with Crippen LogP contribution < -0.4 is 21.1 Å². The van der Waals surface area contributed by atoms with Gasteiger partial charge >= 0.3 is 0 Å². The first-order valence-corrected chi connectivity index (χ1v) is 7.52. The average molecular weight is 340 g/mol. The summed E-state index contributed by atoms with van der Waals surface area (Å²) < 4.78 is 5.95. The van der Waals surface area contributed by atoms with Crippen LogP contribution in [0.15, 0.2) is 18.2 Å². The van der Waals surface area contributed by atoms with Crippen LogP contribution in [0.1, 0.15) is 44.7 Å². The second-order valence-corrected chi connectivity index (χ2v) is 6.58. The van der Waals surface area contributed by atoms with Crippen molar-refractivity contribution in [2.24, 2.45) is 0 Å². The first-order valence-electron chi connectivity index (χ1n) is 7.52. The molecule has 3 rings (SSSR count). The Balaban J connectivity index is 0.00000192. The summed E-state index contributed by atoms with van der Waals surface area (Å²) in [6, 6.07) is 4.84. The average Bonchev–Trinajstić information content (AvgIpc) is 2.85. The molecule has 0 radical (unpaired) electrons. The molecule has 1 aromatic rings. The first-order chi connectivity index (χ1) is 10.3. The fourth-order valence-electron chi connectivity index (χ4n) is 3.08. The summed E-state index contributed by atoms with van der Waals surface area (Å²) in [5, 5.41) is 5.72. The minimum absolute atomic E-state index is 0. The zero-order valence-electron chi connectivity index (χ0n) is 13.2. The lowest BCUT2D eigenvalue weighted by Crippen LogP contribution is -2.46. The first kappa shape index (κ1) is 17.4. The highest BCUT2D eigenvalue weighted by molar-refractivity contribution is 5.91. The van der Waals surface area contributed by atoms with Gasteiger partial charge in [-0.1, -0.05) is 0 Å². The van der Waals surface area contributed by atoms with Crippen molar-refractivity contribution in [1.29, 1.82) is 0 Å². The van der Waals surface area contributed by atoms with E-state index in [-0.39, 0.29) is 35.9 Å². The minimum Gasteiger partial charge on any atom is -0.487 e. The Labute approximate surface area is 141 Å². The van der Waals surface area contributed by atoms with Gasteiger partial charge in [-0.15, -0.1) is 12.4 Å². The molecule has 2 heterocycles. The topological polar surface area (TPSA) is 93.5 Å². The van der Waals surface area contributed by atoms with Crippen LogP contribution in [0.3, 0.4) is 0 Å². The largest absolute Gasteiger partial charge is 0.487 e. The standard InChI is InChI=1S/C16H21N3O3.ClH/c1-16(2)8-12(10-7-9(17)3-5-13(10)22-16)19-15(21)11-4-6-14(20)18-11;/h3,5,7,11-12H,4,6,8,17H2,1-2H3,(H,18,20)(H,19,21);1H/t11-,12?;/m0./s1. The Morgan fingerprint density at radius 2 is 2.17 bits per heavy atom. The Kier molecular flexibility index (Phi) is 4.75. The lowest BCUT2D eigenvalue weighted by Gasteiger charge is -2.38. The molecule has 2 amide bonds. The van der Waals surface area contributed by atoms with Crippen LogP contribution in [0.5, 0.6) is 5.75 Å². The molecule has 126 valence electrons. The lowest BCUT2D eigenvalue weighted by atomic mass is 9.89. The van der Waals surface area contributed by atoms with Gasteiger partial charge in [0, 0.05) is 24.1 Å². The van der Waals surface area contributed by atoms with Crippen molar-refractivity contribution in [3.63, 3.8) is 0 Å². The van der Waals surface area contributed by atoms with E-state index in [1.54, 1.807) is 6.07 Å². The number of nitrogens with one attached hydrogen (secondary N) is 2. The van der Waals surface area contributed by atoms with Gasteiger partial charge in [0.05, 0.1) is 6.04 Å². The van der Waals surface area contributed by atoms with Crippen molar-refractivity contribution in [2.45, 2.75) is 50.8 Å². The highest BCUT2D eigenvalue weighted by atomic mass is 35.5. The van der Waals surface area contributed by atoms with E-state index in [0.29, 0.717) is 24.9 Å². The van der Waals surface area contributed by atoms with Crippen LogP contribution in [-0.4, -0.2) is 23.5 Å². The number of nitrogen functional groups attached to an aromatic ring is 1. The molecule has 4 N–H and O–H groups in total. The summed E-state index contributed by atoms with van der Waals surface area (Å²) in [5.41, 5.74) is 7.00. The number of fused-ring (bicyclic) bond motifs is 1. The molecule has 2 aliphatic heterocycles. The normalized spacial score (nSPS) is 24.7. The van der Waals surface area contributed by atoms with Crippen LogP contribution >= 0.6 is 12.4 Å². The SMILES string of the molecule is CC1(C)CC(NC(=O)[C@@H]2CCC(=O)N2)c2cc(N)ccc2O1.Cl. The smallest absolute Gasteiger partial charge is 0.243 e. The second-order valence-electron chi connectivity index (χ2n) is 6.58. The van der Waals surface area contributed by atoms with Gasteiger partial charge < -0.3 is 21.1 Å². The van der Waals surface area contributed by atoms with Crippen molar-refractivity contribution in [3.8, 4) is 5.75 Å². The predicted molar refractivity (Wildman–Crippen MR) is 89.5 cm³/mol. The van der Waals surface area contributed by atoms with Crippen molar-refractivity contribution in [2.75, 3.05) is 5.73 Å². The number of halogens is 1. The number of nitrogens with two attached hydrogens (primary N) is 1. The van der Waals surface area contributed by atoms with E-state index in [0.717, 1.165) is 11.3 Å². The third-order valence-corrected chi connectivity index (χ3v) is 4.12. The molecule has 0 aliphatic carbocycles. The van der Waals surface area contributed by atoms with Crippen LogP contribution in [0.25, 0.3) is 0 Å². The number of hydrogen-bond acceptors (Lipinski definition) is 4. The van der Waals surface area contributed by atoms with Gasteiger partial charge in [0.25, 0.3) is 0 Å². The highest BCUT2D eigenvalue weighted by Gasteiger charge is 2.36. The summed E-state index contributed by atoms with van der Waals surface area (Å²) in [7, 11) is 0. The molecule has 0 spiro atoms. The van der Waals surface area contributed by atoms with E-state index in [2.05, 4.69) is 10.6 Å². The van der Waals surface area contributed by atoms with Gasteiger partial charge in [-0.25, -0.2) is 0 Å². The molecule has 1 aromatic carbocycles. The third kappa shape index (κ3) is 3.69. The van der Waals surface area contributed by atoms with Crippen molar-refractivity contribution in [1.82, 2.24) is 10.6 Å². The summed E-state index contributed by atoms with van der Waals surface area (Å²) in [4.78, 5) is 23.6.